The van der Waals surface area contributed by atoms with Crippen LogP contribution in [0.1, 0.15) is 45.6 Å². The second-order valence-corrected chi connectivity index (χ2v) is 7.72. The third kappa shape index (κ3) is 8.93. The van der Waals surface area contributed by atoms with Crippen molar-refractivity contribution in [2.75, 3.05) is 19.8 Å². The first-order valence-electron chi connectivity index (χ1n) is 11.2. The Balaban J connectivity index is 1.97. The zero-order valence-corrected chi connectivity index (χ0v) is 18.9. The SMILES string of the molecule is CCOC(=O)CCCN[C@H](Cc1ccc(-c2ccccc2)cc1)C[C@@H](C)C(=O)OCC. The van der Waals surface area contributed by atoms with Gasteiger partial charge in [-0.05, 0) is 56.3 Å². The van der Waals surface area contributed by atoms with Gasteiger partial charge in [0.15, 0.2) is 0 Å². The Bertz CT molecular complexity index is 789. The minimum absolute atomic E-state index is 0.115. The molecule has 0 radical (unpaired) electrons. The fourth-order valence-corrected chi connectivity index (χ4v) is 3.57. The third-order valence-electron chi connectivity index (χ3n) is 5.17. The summed E-state index contributed by atoms with van der Waals surface area (Å²) in [4.78, 5) is 23.7. The van der Waals surface area contributed by atoms with E-state index >= 15 is 0 Å². The van der Waals surface area contributed by atoms with Crippen LogP contribution in [0.4, 0.5) is 0 Å². The molecular weight excluding hydrogens is 390 g/mol. The number of rotatable bonds is 13. The first kappa shape index (κ1) is 24.6. The Morgan fingerprint density at radius 1 is 0.903 bits per heavy atom. The number of ether oxygens (including phenoxy) is 2. The van der Waals surface area contributed by atoms with Crippen molar-refractivity contribution >= 4 is 11.9 Å². The molecule has 0 fully saturated rings. The molecule has 0 saturated carbocycles. The van der Waals surface area contributed by atoms with E-state index < -0.39 is 0 Å². The zero-order valence-electron chi connectivity index (χ0n) is 18.9. The highest BCUT2D eigenvalue weighted by molar-refractivity contribution is 5.72. The Morgan fingerprint density at radius 2 is 1.55 bits per heavy atom. The first-order valence-corrected chi connectivity index (χ1v) is 11.2. The molecule has 2 aromatic rings. The second kappa shape index (κ2) is 13.6. The molecule has 0 unspecified atom stereocenters. The van der Waals surface area contributed by atoms with E-state index in [4.69, 9.17) is 9.47 Å². The maximum absolute atomic E-state index is 12.1. The van der Waals surface area contributed by atoms with Gasteiger partial charge < -0.3 is 14.8 Å². The van der Waals surface area contributed by atoms with E-state index in [0.717, 1.165) is 6.42 Å². The summed E-state index contributed by atoms with van der Waals surface area (Å²) >= 11 is 0. The number of benzene rings is 2. The maximum Gasteiger partial charge on any atom is 0.308 e. The van der Waals surface area contributed by atoms with Crippen molar-refractivity contribution in [2.24, 2.45) is 5.92 Å². The molecule has 2 atom stereocenters. The Kier molecular flexibility index (Phi) is 10.8. The van der Waals surface area contributed by atoms with Crippen LogP contribution >= 0.6 is 0 Å². The van der Waals surface area contributed by atoms with E-state index in [1.165, 1.54) is 16.7 Å². The van der Waals surface area contributed by atoms with Crippen molar-refractivity contribution in [2.45, 2.75) is 52.5 Å². The van der Waals surface area contributed by atoms with E-state index in [2.05, 4.69) is 41.7 Å². The summed E-state index contributed by atoms with van der Waals surface area (Å²) in [6.45, 7) is 7.04. The number of hydrogen-bond donors (Lipinski definition) is 1. The van der Waals surface area contributed by atoms with Crippen molar-refractivity contribution in [3.63, 3.8) is 0 Å². The van der Waals surface area contributed by atoms with Crippen LogP contribution in [0.3, 0.4) is 0 Å². The van der Waals surface area contributed by atoms with Crippen LogP contribution in [-0.4, -0.2) is 37.7 Å². The smallest absolute Gasteiger partial charge is 0.308 e. The minimum atomic E-state index is -0.189. The van der Waals surface area contributed by atoms with Gasteiger partial charge in [0.1, 0.15) is 0 Å². The first-order chi connectivity index (χ1) is 15.0. The lowest BCUT2D eigenvalue weighted by atomic mass is 9.95. The number of carbonyl (C=O) groups is 2. The van der Waals surface area contributed by atoms with Gasteiger partial charge in [-0.3, -0.25) is 9.59 Å². The molecule has 0 saturated heterocycles. The van der Waals surface area contributed by atoms with Crippen LogP contribution < -0.4 is 5.32 Å². The molecule has 0 aliphatic rings. The van der Waals surface area contributed by atoms with Crippen LogP contribution in [0.2, 0.25) is 0 Å². The normalized spacial score (nSPS) is 12.7. The summed E-state index contributed by atoms with van der Waals surface area (Å²) in [5, 5.41) is 3.52. The highest BCUT2D eigenvalue weighted by atomic mass is 16.5. The monoisotopic (exact) mass is 425 g/mol. The van der Waals surface area contributed by atoms with Gasteiger partial charge in [0.2, 0.25) is 0 Å². The van der Waals surface area contributed by atoms with Crippen molar-refractivity contribution in [3.8, 4) is 11.1 Å². The molecule has 0 aliphatic carbocycles. The average Bonchev–Trinajstić information content (AvgIpc) is 2.78. The molecular formula is C26H35NO4. The second-order valence-electron chi connectivity index (χ2n) is 7.72. The van der Waals surface area contributed by atoms with Crippen LogP contribution in [-0.2, 0) is 25.5 Å². The summed E-state index contributed by atoms with van der Waals surface area (Å²) in [6.07, 6.45) is 2.58. The Labute approximate surface area is 186 Å². The van der Waals surface area contributed by atoms with Gasteiger partial charge in [-0.2, -0.15) is 0 Å². The molecule has 2 rings (SSSR count). The lowest BCUT2D eigenvalue weighted by Crippen LogP contribution is -2.35. The molecule has 0 aliphatic heterocycles. The fraction of sp³-hybridized carbons (Fsp3) is 0.462. The summed E-state index contributed by atoms with van der Waals surface area (Å²) in [7, 11) is 0. The number of hydrogen-bond acceptors (Lipinski definition) is 5. The van der Waals surface area contributed by atoms with Crippen LogP contribution in [0, 0.1) is 5.92 Å². The minimum Gasteiger partial charge on any atom is -0.466 e. The molecule has 1 N–H and O–H groups in total. The molecule has 168 valence electrons. The van der Waals surface area contributed by atoms with Gasteiger partial charge in [-0.1, -0.05) is 61.5 Å². The summed E-state index contributed by atoms with van der Waals surface area (Å²) in [6, 6.07) is 19.0. The predicted octanol–water partition coefficient (Wildman–Crippen LogP) is 4.79. The standard InChI is InChI=1S/C26H35NO4/c1-4-30-25(28)12-9-17-27-24(18-20(3)26(29)31-5-2)19-21-13-15-23(16-14-21)22-10-7-6-8-11-22/h6-8,10-11,13-16,20,24,27H,4-5,9,12,17-19H2,1-3H3/t20-,24+/m1/s1. The van der Waals surface area contributed by atoms with Crippen LogP contribution in [0.15, 0.2) is 54.6 Å². The van der Waals surface area contributed by atoms with Gasteiger partial charge in [0.25, 0.3) is 0 Å². The number of esters is 2. The molecule has 0 amide bonds. The maximum atomic E-state index is 12.1. The molecule has 0 aromatic heterocycles. The topological polar surface area (TPSA) is 64.6 Å². The van der Waals surface area contributed by atoms with Gasteiger partial charge in [-0.25, -0.2) is 0 Å². The molecule has 0 bridgehead atoms. The van der Waals surface area contributed by atoms with E-state index in [-0.39, 0.29) is 23.9 Å². The van der Waals surface area contributed by atoms with Gasteiger partial charge in [0.05, 0.1) is 19.1 Å². The van der Waals surface area contributed by atoms with E-state index in [0.29, 0.717) is 39.0 Å². The quantitative estimate of drug-likeness (QED) is 0.369. The van der Waals surface area contributed by atoms with Gasteiger partial charge in [-0.15, -0.1) is 0 Å². The third-order valence-corrected chi connectivity index (χ3v) is 5.17. The van der Waals surface area contributed by atoms with Crippen molar-refractivity contribution in [1.82, 2.24) is 5.32 Å². The molecule has 2 aromatic carbocycles. The Hall–Kier alpha value is -2.66. The highest BCUT2D eigenvalue weighted by Gasteiger charge is 2.20. The van der Waals surface area contributed by atoms with Gasteiger partial charge in [0, 0.05) is 12.5 Å². The molecule has 0 spiro atoms. The summed E-state index contributed by atoms with van der Waals surface area (Å²) in [5.74, 6) is -0.524. The number of carbonyl (C=O) groups excluding carboxylic acids is 2. The Morgan fingerprint density at radius 3 is 2.19 bits per heavy atom. The molecule has 0 heterocycles. The van der Waals surface area contributed by atoms with E-state index in [1.54, 1.807) is 0 Å². The zero-order chi connectivity index (χ0) is 22.5. The van der Waals surface area contributed by atoms with Crippen molar-refractivity contribution < 1.29 is 19.1 Å². The molecule has 5 heteroatoms. The van der Waals surface area contributed by atoms with E-state index in [1.807, 2.05) is 39.0 Å². The summed E-state index contributed by atoms with van der Waals surface area (Å²) < 4.78 is 10.2. The average molecular weight is 426 g/mol. The summed E-state index contributed by atoms with van der Waals surface area (Å²) in [5.41, 5.74) is 3.58. The molecule has 5 nitrogen and oxygen atoms in total. The van der Waals surface area contributed by atoms with Gasteiger partial charge >= 0.3 is 11.9 Å². The van der Waals surface area contributed by atoms with Crippen LogP contribution in [0.5, 0.6) is 0 Å². The highest BCUT2D eigenvalue weighted by Crippen LogP contribution is 2.21. The fourth-order valence-electron chi connectivity index (χ4n) is 3.57. The van der Waals surface area contributed by atoms with E-state index in [9.17, 15) is 9.59 Å². The lowest BCUT2D eigenvalue weighted by Gasteiger charge is -2.22. The lowest BCUT2D eigenvalue weighted by molar-refractivity contribution is -0.147. The van der Waals surface area contributed by atoms with Crippen molar-refractivity contribution in [3.05, 3.63) is 60.2 Å². The van der Waals surface area contributed by atoms with Crippen LogP contribution in [0.25, 0.3) is 11.1 Å². The predicted molar refractivity (Wildman–Crippen MR) is 124 cm³/mol. The van der Waals surface area contributed by atoms with Crippen molar-refractivity contribution in [1.29, 1.82) is 0 Å². The largest absolute Gasteiger partial charge is 0.466 e. The number of nitrogens with one attached hydrogen (secondary N) is 1. The molecule has 31 heavy (non-hydrogen) atoms.